The molecule has 0 saturated heterocycles. The summed E-state index contributed by atoms with van der Waals surface area (Å²) in [5.74, 6) is 1.24. The van der Waals surface area contributed by atoms with Crippen molar-refractivity contribution in [2.24, 2.45) is 5.92 Å². The lowest BCUT2D eigenvalue weighted by molar-refractivity contribution is 0.614. The number of nitrogens with zero attached hydrogens (tertiary/aromatic N) is 1. The van der Waals surface area contributed by atoms with Gasteiger partial charge in [-0.1, -0.05) is 48.6 Å². The van der Waals surface area contributed by atoms with Gasteiger partial charge in [-0.05, 0) is 54.7 Å². The normalized spacial score (nSPS) is 24.0. The smallest absolute Gasteiger partial charge is 0.0522 e. The van der Waals surface area contributed by atoms with E-state index in [-0.39, 0.29) is 0 Å². The number of aromatic amines is 1. The minimum atomic E-state index is 0.562. The monoisotopic (exact) mass is 290 g/mol. The standard InChI is InChI=1S/C10H10N2.C10H12/c1-2-4-9-7(3-1)5-8-6-11-12-10(8)9;1-2-6-10-8-4-3-7-9(10)5-1/h1-4,6-7,9H,5H2,(H,11,12);1-2,5-6H,3-4,7-8H2. The van der Waals surface area contributed by atoms with Gasteiger partial charge in [-0.15, -0.1) is 0 Å². The molecule has 0 bridgehead atoms. The lowest BCUT2D eigenvalue weighted by atomic mass is 9.91. The molecule has 0 saturated carbocycles. The molecular weight excluding hydrogens is 268 g/mol. The van der Waals surface area contributed by atoms with Crippen LogP contribution in [0.2, 0.25) is 0 Å². The fourth-order valence-electron chi connectivity index (χ4n) is 3.86. The number of aromatic nitrogens is 2. The molecule has 112 valence electrons. The Labute approximate surface area is 132 Å². The van der Waals surface area contributed by atoms with Gasteiger partial charge in [-0.25, -0.2) is 0 Å². The molecular formula is C20H22N2. The molecule has 1 aromatic heterocycles. The Bertz CT molecular complexity index is 683. The number of nitrogens with one attached hydrogen (secondary N) is 1. The van der Waals surface area contributed by atoms with Crippen LogP contribution in [0.5, 0.6) is 0 Å². The predicted molar refractivity (Wildman–Crippen MR) is 89.9 cm³/mol. The first-order valence-electron chi connectivity index (χ1n) is 8.36. The van der Waals surface area contributed by atoms with Crippen molar-refractivity contribution in [3.05, 3.63) is 77.2 Å². The van der Waals surface area contributed by atoms with Gasteiger partial charge in [0.1, 0.15) is 0 Å². The summed E-state index contributed by atoms with van der Waals surface area (Å²) in [7, 11) is 0. The topological polar surface area (TPSA) is 28.7 Å². The summed E-state index contributed by atoms with van der Waals surface area (Å²) in [6, 6.07) is 8.80. The van der Waals surface area contributed by atoms with Crippen LogP contribution < -0.4 is 0 Å². The van der Waals surface area contributed by atoms with Gasteiger partial charge in [0.25, 0.3) is 0 Å². The van der Waals surface area contributed by atoms with Gasteiger partial charge in [0.15, 0.2) is 0 Å². The van der Waals surface area contributed by atoms with Crippen LogP contribution in [0.3, 0.4) is 0 Å². The third-order valence-corrected chi connectivity index (χ3v) is 5.05. The minimum absolute atomic E-state index is 0.562. The van der Waals surface area contributed by atoms with Crippen molar-refractivity contribution in [2.45, 2.75) is 38.0 Å². The molecule has 1 N–H and O–H groups in total. The SMILES string of the molecule is C1=CC2Cc3cn[nH]c3C2C=C1.c1ccc2c(c1)CCCC2. The van der Waals surface area contributed by atoms with E-state index in [1.165, 1.54) is 36.9 Å². The highest BCUT2D eigenvalue weighted by molar-refractivity contribution is 5.37. The molecule has 2 aromatic rings. The Morgan fingerprint density at radius 2 is 1.64 bits per heavy atom. The number of aryl methyl sites for hydroxylation is 2. The van der Waals surface area contributed by atoms with Crippen molar-refractivity contribution in [1.29, 1.82) is 0 Å². The summed E-state index contributed by atoms with van der Waals surface area (Å²) >= 11 is 0. The van der Waals surface area contributed by atoms with E-state index in [2.05, 4.69) is 58.8 Å². The zero-order valence-electron chi connectivity index (χ0n) is 12.8. The molecule has 2 heteroatoms. The van der Waals surface area contributed by atoms with Crippen LogP contribution >= 0.6 is 0 Å². The van der Waals surface area contributed by atoms with Crippen LogP contribution in [0, 0.1) is 5.92 Å². The number of fused-ring (bicyclic) bond motifs is 4. The Balaban J connectivity index is 0.000000116. The second kappa shape index (κ2) is 5.96. The summed E-state index contributed by atoms with van der Waals surface area (Å²) in [5.41, 5.74) is 5.87. The Morgan fingerprint density at radius 3 is 2.41 bits per heavy atom. The highest BCUT2D eigenvalue weighted by Crippen LogP contribution is 2.39. The molecule has 3 aliphatic carbocycles. The quantitative estimate of drug-likeness (QED) is 0.767. The van der Waals surface area contributed by atoms with Crippen molar-refractivity contribution in [2.75, 3.05) is 0 Å². The number of hydrogen-bond donors (Lipinski definition) is 1. The van der Waals surface area contributed by atoms with Gasteiger partial charge in [0.2, 0.25) is 0 Å². The van der Waals surface area contributed by atoms with Gasteiger partial charge in [-0.3, -0.25) is 5.10 Å². The van der Waals surface area contributed by atoms with Gasteiger partial charge in [-0.2, -0.15) is 5.10 Å². The van der Waals surface area contributed by atoms with E-state index in [4.69, 9.17) is 0 Å². The fourth-order valence-corrected chi connectivity index (χ4v) is 3.86. The molecule has 0 spiro atoms. The molecule has 1 heterocycles. The van der Waals surface area contributed by atoms with E-state index in [1.54, 1.807) is 11.1 Å². The van der Waals surface area contributed by atoms with E-state index in [1.807, 2.05) is 6.20 Å². The third kappa shape index (κ3) is 2.54. The number of H-pyrrole nitrogens is 1. The summed E-state index contributed by atoms with van der Waals surface area (Å²) < 4.78 is 0. The molecule has 1 aromatic carbocycles. The van der Waals surface area contributed by atoms with Crippen LogP contribution in [0.1, 0.15) is 41.1 Å². The van der Waals surface area contributed by atoms with Crippen LogP contribution in [0.15, 0.2) is 54.8 Å². The second-order valence-corrected chi connectivity index (χ2v) is 6.45. The Hall–Kier alpha value is -2.09. The number of benzene rings is 1. The maximum absolute atomic E-state index is 4.05. The van der Waals surface area contributed by atoms with E-state index in [0.29, 0.717) is 11.8 Å². The maximum Gasteiger partial charge on any atom is 0.0522 e. The molecule has 0 radical (unpaired) electrons. The molecule has 2 atom stereocenters. The van der Waals surface area contributed by atoms with Crippen molar-refractivity contribution < 1.29 is 0 Å². The highest BCUT2D eigenvalue weighted by Gasteiger charge is 2.31. The molecule has 3 aliphatic rings. The van der Waals surface area contributed by atoms with Gasteiger partial charge < -0.3 is 0 Å². The van der Waals surface area contributed by atoms with Crippen LogP contribution in [-0.2, 0) is 19.3 Å². The Morgan fingerprint density at radius 1 is 0.909 bits per heavy atom. The number of hydrogen-bond acceptors (Lipinski definition) is 1. The van der Waals surface area contributed by atoms with Crippen molar-refractivity contribution in [1.82, 2.24) is 10.2 Å². The lowest BCUT2D eigenvalue weighted by Crippen LogP contribution is -2.05. The minimum Gasteiger partial charge on any atom is -0.282 e. The van der Waals surface area contributed by atoms with E-state index < -0.39 is 0 Å². The van der Waals surface area contributed by atoms with E-state index in [0.717, 1.165) is 6.42 Å². The molecule has 2 nitrogen and oxygen atoms in total. The highest BCUT2D eigenvalue weighted by atomic mass is 15.1. The molecule has 0 aliphatic heterocycles. The van der Waals surface area contributed by atoms with Crippen LogP contribution in [0.4, 0.5) is 0 Å². The summed E-state index contributed by atoms with van der Waals surface area (Å²) in [4.78, 5) is 0. The first kappa shape index (κ1) is 13.6. The van der Waals surface area contributed by atoms with Gasteiger partial charge in [0.05, 0.1) is 6.20 Å². The average molecular weight is 290 g/mol. The molecule has 22 heavy (non-hydrogen) atoms. The van der Waals surface area contributed by atoms with Crippen molar-refractivity contribution >= 4 is 0 Å². The molecule has 2 unspecified atom stereocenters. The third-order valence-electron chi connectivity index (χ3n) is 5.05. The zero-order valence-corrected chi connectivity index (χ0v) is 12.8. The number of allylic oxidation sites excluding steroid dienone is 4. The average Bonchev–Trinajstić information content (AvgIpc) is 3.16. The van der Waals surface area contributed by atoms with Crippen LogP contribution in [0.25, 0.3) is 0 Å². The van der Waals surface area contributed by atoms with Crippen molar-refractivity contribution in [3.8, 4) is 0 Å². The van der Waals surface area contributed by atoms with Gasteiger partial charge in [0, 0.05) is 11.6 Å². The summed E-state index contributed by atoms with van der Waals surface area (Å²) in [5, 5.41) is 7.13. The van der Waals surface area contributed by atoms with Crippen molar-refractivity contribution in [3.63, 3.8) is 0 Å². The second-order valence-electron chi connectivity index (χ2n) is 6.45. The Kier molecular flexibility index (Phi) is 3.67. The summed E-state index contributed by atoms with van der Waals surface area (Å²) in [6.45, 7) is 0. The first-order chi connectivity index (χ1) is 10.9. The molecule has 0 fully saturated rings. The summed E-state index contributed by atoms with van der Waals surface area (Å²) in [6.07, 6.45) is 17.3. The van der Waals surface area contributed by atoms with Gasteiger partial charge >= 0.3 is 0 Å². The fraction of sp³-hybridized carbons (Fsp3) is 0.350. The largest absolute Gasteiger partial charge is 0.282 e. The van der Waals surface area contributed by atoms with Crippen LogP contribution in [-0.4, -0.2) is 10.2 Å². The van der Waals surface area contributed by atoms with E-state index >= 15 is 0 Å². The maximum atomic E-state index is 4.05. The molecule has 5 rings (SSSR count). The first-order valence-corrected chi connectivity index (χ1v) is 8.36. The molecule has 0 amide bonds. The van der Waals surface area contributed by atoms with E-state index in [9.17, 15) is 0 Å². The zero-order chi connectivity index (χ0) is 14.8. The predicted octanol–water partition coefficient (Wildman–Crippen LogP) is 4.36. The lowest BCUT2D eigenvalue weighted by Gasteiger charge is -2.14. The number of rotatable bonds is 0.